The Morgan fingerprint density at radius 2 is 1.50 bits per heavy atom. The van der Waals surface area contributed by atoms with Gasteiger partial charge in [-0.15, -0.1) is 0 Å². The van der Waals surface area contributed by atoms with Gasteiger partial charge in [0.25, 0.3) is 0 Å². The molecule has 16 heteroatoms. The van der Waals surface area contributed by atoms with Crippen LogP contribution in [0.25, 0.3) is 0 Å². The van der Waals surface area contributed by atoms with Gasteiger partial charge >= 0.3 is 24.8 Å². The van der Waals surface area contributed by atoms with Gasteiger partial charge < -0.3 is 24.8 Å². The molecule has 7 nitrogen and oxygen atoms in total. The summed E-state index contributed by atoms with van der Waals surface area (Å²) in [5, 5.41) is 3.97. The molecule has 0 aliphatic rings. The molecule has 0 fully saturated rings. The Bertz CT molecular complexity index is 1580. The fourth-order valence-electron chi connectivity index (χ4n) is 4.63. The maximum Gasteiger partial charge on any atom is 0.461 e. The standard InChI is InChI=1S/C32H31F9N2O5/c1-29(2,3)48-28(45)42-25(31(37,38)39)16-26(44)43-30(17-18-8-6-5-7-9-18,19-10-11-23(34)24(14-19)46-4)20-12-21(33)15-22(13-20)47-32(40,41)27(35)36/h5-15,25,27H,16-17H2,1-4H3,(H,42,45)(H,43,44)/t25?,30-/m1/s1. The van der Waals surface area contributed by atoms with E-state index >= 15 is 4.39 Å². The van der Waals surface area contributed by atoms with Crippen molar-refractivity contribution in [2.24, 2.45) is 0 Å². The first-order chi connectivity index (χ1) is 22.1. The van der Waals surface area contributed by atoms with Crippen molar-refractivity contribution < 1.29 is 63.3 Å². The Balaban J connectivity index is 2.25. The summed E-state index contributed by atoms with van der Waals surface area (Å²) in [4.78, 5) is 25.8. The van der Waals surface area contributed by atoms with Crippen LogP contribution in [0.3, 0.4) is 0 Å². The highest BCUT2D eigenvalue weighted by Gasteiger charge is 2.46. The Labute approximate surface area is 269 Å². The predicted molar refractivity (Wildman–Crippen MR) is 154 cm³/mol. The topological polar surface area (TPSA) is 85.9 Å². The van der Waals surface area contributed by atoms with E-state index in [9.17, 15) is 44.7 Å². The third-order valence-corrected chi connectivity index (χ3v) is 6.66. The number of ether oxygens (including phenoxy) is 3. The number of hydrogen-bond acceptors (Lipinski definition) is 5. The number of hydrogen-bond donors (Lipinski definition) is 2. The second kappa shape index (κ2) is 14.6. The first-order valence-electron chi connectivity index (χ1n) is 14.1. The fraction of sp³-hybridized carbons (Fsp3) is 0.375. The highest BCUT2D eigenvalue weighted by atomic mass is 19.4. The van der Waals surface area contributed by atoms with Crippen LogP contribution in [-0.4, -0.2) is 49.5 Å². The van der Waals surface area contributed by atoms with Gasteiger partial charge in [-0.1, -0.05) is 36.4 Å². The molecule has 0 radical (unpaired) electrons. The molecule has 2 atom stereocenters. The zero-order valence-electron chi connectivity index (χ0n) is 25.9. The zero-order valence-corrected chi connectivity index (χ0v) is 25.9. The lowest BCUT2D eigenvalue weighted by Crippen LogP contribution is -2.53. The number of alkyl halides is 7. The minimum absolute atomic E-state index is 0.154. The molecular formula is C32H31F9N2O5. The van der Waals surface area contributed by atoms with Crippen LogP contribution in [-0.2, 0) is 21.5 Å². The summed E-state index contributed by atoms with van der Waals surface area (Å²) in [5.41, 5.74) is -3.73. The van der Waals surface area contributed by atoms with Crippen LogP contribution in [0.15, 0.2) is 66.7 Å². The third-order valence-electron chi connectivity index (χ3n) is 6.66. The van der Waals surface area contributed by atoms with Crippen molar-refractivity contribution in [2.45, 2.75) is 69.5 Å². The largest absolute Gasteiger partial charge is 0.494 e. The predicted octanol–water partition coefficient (Wildman–Crippen LogP) is 7.66. The van der Waals surface area contributed by atoms with Gasteiger partial charge in [-0.2, -0.15) is 30.7 Å². The molecule has 3 aromatic rings. The number of alkyl carbamates (subject to hydrolysis) is 1. The number of carbonyl (C=O) groups is 2. The molecule has 0 bridgehead atoms. The molecule has 3 rings (SSSR count). The smallest absolute Gasteiger partial charge is 0.461 e. The molecule has 3 aromatic carbocycles. The first kappa shape index (κ1) is 37.8. The van der Waals surface area contributed by atoms with Crippen molar-refractivity contribution in [3.63, 3.8) is 0 Å². The second-order valence-electron chi connectivity index (χ2n) is 11.5. The summed E-state index contributed by atoms with van der Waals surface area (Å²) in [5.74, 6) is -5.23. The molecule has 2 N–H and O–H groups in total. The molecule has 0 heterocycles. The maximum atomic E-state index is 15.1. The normalized spacial score (nSPS) is 14.1. The van der Waals surface area contributed by atoms with Gasteiger partial charge in [-0.25, -0.2) is 13.6 Å². The van der Waals surface area contributed by atoms with Crippen molar-refractivity contribution in [3.8, 4) is 11.5 Å². The van der Waals surface area contributed by atoms with Crippen LogP contribution < -0.4 is 20.1 Å². The van der Waals surface area contributed by atoms with Crippen LogP contribution in [0, 0.1) is 11.6 Å². The van der Waals surface area contributed by atoms with Gasteiger partial charge in [0.2, 0.25) is 5.91 Å². The number of halogens is 9. The molecule has 48 heavy (non-hydrogen) atoms. The van der Waals surface area contributed by atoms with Crippen LogP contribution in [0.5, 0.6) is 11.5 Å². The Hall–Kier alpha value is -4.63. The van der Waals surface area contributed by atoms with E-state index in [4.69, 9.17) is 9.47 Å². The van der Waals surface area contributed by atoms with Crippen LogP contribution in [0.2, 0.25) is 0 Å². The molecule has 0 aliphatic heterocycles. The average Bonchev–Trinajstić information content (AvgIpc) is 2.95. The number of carbonyl (C=O) groups excluding carboxylic acids is 2. The van der Waals surface area contributed by atoms with Crippen LogP contribution >= 0.6 is 0 Å². The average molecular weight is 695 g/mol. The van der Waals surface area contributed by atoms with Gasteiger partial charge in [-0.05, 0) is 61.7 Å². The molecular weight excluding hydrogens is 663 g/mol. The van der Waals surface area contributed by atoms with E-state index < -0.39 is 89.4 Å². The number of methoxy groups -OCH3 is 1. The van der Waals surface area contributed by atoms with Gasteiger partial charge in [-0.3, -0.25) is 4.79 Å². The van der Waals surface area contributed by atoms with E-state index in [1.807, 2.05) is 0 Å². The highest BCUT2D eigenvalue weighted by Crippen LogP contribution is 2.39. The maximum absolute atomic E-state index is 15.1. The van der Waals surface area contributed by atoms with Gasteiger partial charge in [0.1, 0.15) is 23.2 Å². The third kappa shape index (κ3) is 9.94. The van der Waals surface area contributed by atoms with Crippen molar-refractivity contribution >= 4 is 12.0 Å². The minimum Gasteiger partial charge on any atom is -0.494 e. The lowest BCUT2D eigenvalue weighted by molar-refractivity contribution is -0.253. The SMILES string of the molecule is COc1cc([C@@](Cc2ccccc2)(NC(=O)CC(NC(=O)OC(C)(C)C)C(F)(F)F)c2cc(F)cc(OC(F)(F)C(F)F)c2)ccc1F. The number of nitrogens with one attached hydrogen (secondary N) is 2. The van der Waals surface area contributed by atoms with E-state index in [0.717, 1.165) is 25.3 Å². The molecule has 0 saturated carbocycles. The van der Waals surface area contributed by atoms with Gasteiger partial charge in [0, 0.05) is 12.5 Å². The van der Waals surface area contributed by atoms with Crippen molar-refractivity contribution in [1.29, 1.82) is 0 Å². The summed E-state index contributed by atoms with van der Waals surface area (Å²) in [6, 6.07) is 9.57. The Kier molecular flexibility index (Phi) is 11.5. The molecule has 1 unspecified atom stereocenters. The number of rotatable bonds is 12. The number of amides is 2. The van der Waals surface area contributed by atoms with Gasteiger partial charge in [0.05, 0.1) is 19.1 Å². The summed E-state index contributed by atoms with van der Waals surface area (Å²) in [6.07, 6.45) is -18.0. The van der Waals surface area contributed by atoms with E-state index in [2.05, 4.69) is 10.1 Å². The molecule has 0 aromatic heterocycles. The van der Waals surface area contributed by atoms with Crippen molar-refractivity contribution in [2.75, 3.05) is 7.11 Å². The first-order valence-corrected chi connectivity index (χ1v) is 14.1. The molecule has 0 spiro atoms. The molecule has 262 valence electrons. The lowest BCUT2D eigenvalue weighted by Gasteiger charge is -2.37. The fourth-order valence-corrected chi connectivity index (χ4v) is 4.63. The van der Waals surface area contributed by atoms with Crippen LogP contribution in [0.1, 0.15) is 43.9 Å². The van der Waals surface area contributed by atoms with E-state index in [0.29, 0.717) is 23.8 Å². The van der Waals surface area contributed by atoms with Gasteiger partial charge in [0.15, 0.2) is 11.6 Å². The second-order valence-corrected chi connectivity index (χ2v) is 11.5. The minimum atomic E-state index is -5.20. The molecule has 2 amide bonds. The summed E-state index contributed by atoms with van der Waals surface area (Å²) in [7, 11) is 1.08. The molecule has 0 saturated heterocycles. The van der Waals surface area contributed by atoms with Crippen LogP contribution in [0.4, 0.5) is 44.3 Å². The van der Waals surface area contributed by atoms with E-state index in [1.165, 1.54) is 32.9 Å². The summed E-state index contributed by atoms with van der Waals surface area (Å²) in [6.45, 7) is 4.18. The van der Waals surface area contributed by atoms with Crippen molar-refractivity contribution in [3.05, 3.63) is 95.1 Å². The van der Waals surface area contributed by atoms with Crippen molar-refractivity contribution in [1.82, 2.24) is 10.6 Å². The lowest BCUT2D eigenvalue weighted by atomic mass is 9.77. The summed E-state index contributed by atoms with van der Waals surface area (Å²) >= 11 is 0. The highest BCUT2D eigenvalue weighted by molar-refractivity contribution is 5.80. The van der Waals surface area contributed by atoms with E-state index in [-0.39, 0.29) is 5.56 Å². The quantitative estimate of drug-likeness (QED) is 0.190. The Morgan fingerprint density at radius 3 is 2.06 bits per heavy atom. The molecule has 0 aliphatic carbocycles. The summed E-state index contributed by atoms with van der Waals surface area (Å²) < 4.78 is 140. The van der Waals surface area contributed by atoms with E-state index in [1.54, 1.807) is 23.5 Å². The monoisotopic (exact) mass is 694 g/mol. The number of benzene rings is 3. The zero-order chi connectivity index (χ0) is 36.1. The Morgan fingerprint density at radius 1 is 0.854 bits per heavy atom.